The molecule has 0 bridgehead atoms. The van der Waals surface area contributed by atoms with Crippen LogP contribution in [-0.2, 0) is 0 Å². The van der Waals surface area contributed by atoms with E-state index in [0.29, 0.717) is 78.3 Å². The summed E-state index contributed by atoms with van der Waals surface area (Å²) in [7, 11) is 0. The van der Waals surface area contributed by atoms with Crippen molar-refractivity contribution in [3.05, 3.63) is 226 Å². The molecule has 9 heteroatoms. The van der Waals surface area contributed by atoms with Gasteiger partial charge in [0.2, 0.25) is 0 Å². The van der Waals surface area contributed by atoms with Gasteiger partial charge in [-0.1, -0.05) is 41.4 Å². The smallest absolute Gasteiger partial charge is 0.194 e. The first kappa shape index (κ1) is 38.5. The molecule has 0 fully saturated rings. The molecule has 0 aliphatic rings. The van der Waals surface area contributed by atoms with Crippen LogP contribution in [0, 0.1) is 0 Å². The number of carbonyl (C=O) groups excluding carboxylic acids is 2. The highest BCUT2D eigenvalue weighted by Crippen LogP contribution is 2.32. The van der Waals surface area contributed by atoms with Gasteiger partial charge < -0.3 is 23.7 Å². The standard InChI is InChI=1S/C50H32Cl2O7/c51-36-12-31-48(52)47(32-36)50(54)35-10-17-40(18-11-35)56-38-13-6-33(7-14-38)49(53)34-8-15-39(16-9-34)57-42-23-25-44(26-24-42)59-46-29-27-45(28-30-46)58-43-21-19-41(20-22-43)55-37-4-2-1-3-5-37/h1-32H. The van der Waals surface area contributed by atoms with E-state index in [4.69, 9.17) is 46.9 Å². The monoisotopic (exact) mass is 814 g/mol. The molecule has 0 spiro atoms. The minimum Gasteiger partial charge on any atom is -0.457 e. The molecule has 0 amide bonds. The van der Waals surface area contributed by atoms with Gasteiger partial charge in [0, 0.05) is 27.3 Å². The largest absolute Gasteiger partial charge is 0.457 e. The van der Waals surface area contributed by atoms with Crippen LogP contribution in [-0.4, -0.2) is 11.6 Å². The number of benzene rings is 8. The third kappa shape index (κ3) is 9.98. The van der Waals surface area contributed by atoms with Gasteiger partial charge >= 0.3 is 0 Å². The first-order chi connectivity index (χ1) is 28.8. The molecule has 0 unspecified atom stereocenters. The molecule has 0 aliphatic carbocycles. The van der Waals surface area contributed by atoms with Crippen LogP contribution in [0.2, 0.25) is 10.0 Å². The molecular weight excluding hydrogens is 783 g/mol. The fourth-order valence-electron chi connectivity index (χ4n) is 5.91. The molecular formula is C50H32Cl2O7. The van der Waals surface area contributed by atoms with Gasteiger partial charge in [-0.25, -0.2) is 0 Å². The van der Waals surface area contributed by atoms with E-state index >= 15 is 0 Å². The zero-order valence-electron chi connectivity index (χ0n) is 31.1. The maximum Gasteiger partial charge on any atom is 0.194 e. The summed E-state index contributed by atoms with van der Waals surface area (Å²) in [6.07, 6.45) is 0. The lowest BCUT2D eigenvalue weighted by molar-refractivity contribution is 0.103. The summed E-state index contributed by atoms with van der Waals surface area (Å²) in [5, 5.41) is 0.755. The summed E-state index contributed by atoms with van der Waals surface area (Å²) in [4.78, 5) is 26.2. The molecule has 0 saturated heterocycles. The summed E-state index contributed by atoms with van der Waals surface area (Å²) in [6.45, 7) is 0. The van der Waals surface area contributed by atoms with E-state index in [1.807, 2.05) is 103 Å². The second kappa shape index (κ2) is 17.9. The van der Waals surface area contributed by atoms with E-state index in [1.54, 1.807) is 91.0 Å². The van der Waals surface area contributed by atoms with Crippen LogP contribution in [0.1, 0.15) is 31.8 Å². The second-order valence-electron chi connectivity index (χ2n) is 13.1. The summed E-state index contributed by atoms with van der Waals surface area (Å²) in [5.74, 6) is 6.02. The van der Waals surface area contributed by atoms with E-state index in [9.17, 15) is 9.59 Å². The Balaban J connectivity index is 0.802. The Kier molecular flexibility index (Phi) is 11.7. The number of para-hydroxylation sites is 1. The van der Waals surface area contributed by atoms with Gasteiger partial charge in [0.05, 0.1) is 5.02 Å². The predicted molar refractivity (Wildman–Crippen MR) is 229 cm³/mol. The van der Waals surface area contributed by atoms with E-state index in [0.717, 1.165) is 11.5 Å². The molecule has 0 aromatic heterocycles. The molecule has 8 aromatic carbocycles. The lowest BCUT2D eigenvalue weighted by atomic mass is 10.0. The fraction of sp³-hybridized carbons (Fsp3) is 0. The fourth-order valence-corrected chi connectivity index (χ4v) is 6.29. The average molecular weight is 816 g/mol. The minimum atomic E-state index is -0.243. The average Bonchev–Trinajstić information content (AvgIpc) is 3.27. The Morgan fingerprint density at radius 2 is 0.576 bits per heavy atom. The topological polar surface area (TPSA) is 80.3 Å². The highest BCUT2D eigenvalue weighted by Gasteiger charge is 2.15. The van der Waals surface area contributed by atoms with Crippen LogP contribution in [0.15, 0.2) is 194 Å². The first-order valence-corrected chi connectivity index (χ1v) is 19.2. The Labute approximate surface area is 350 Å². The summed E-state index contributed by atoms with van der Waals surface area (Å²) in [5.41, 5.74) is 1.79. The predicted octanol–water partition coefficient (Wildman–Crippen LogP) is 14.4. The summed E-state index contributed by atoms with van der Waals surface area (Å²) < 4.78 is 29.8. The first-order valence-electron chi connectivity index (χ1n) is 18.4. The number of ketones is 2. The van der Waals surface area contributed by atoms with Crippen molar-refractivity contribution in [2.24, 2.45) is 0 Å². The molecule has 0 aliphatic heterocycles. The maximum absolute atomic E-state index is 13.2. The van der Waals surface area contributed by atoms with Crippen molar-refractivity contribution >= 4 is 34.8 Å². The molecule has 7 nitrogen and oxygen atoms in total. The molecule has 0 radical (unpaired) electrons. The molecule has 0 N–H and O–H groups in total. The quantitative estimate of drug-likeness (QED) is 0.101. The van der Waals surface area contributed by atoms with Crippen molar-refractivity contribution in [1.29, 1.82) is 0 Å². The second-order valence-corrected chi connectivity index (χ2v) is 13.9. The Hall–Kier alpha value is -7.32. The normalized spacial score (nSPS) is 10.7. The van der Waals surface area contributed by atoms with Gasteiger partial charge in [-0.15, -0.1) is 0 Å². The Morgan fingerprint density at radius 1 is 0.305 bits per heavy atom. The van der Waals surface area contributed by atoms with Gasteiger partial charge in [0.1, 0.15) is 57.5 Å². The van der Waals surface area contributed by atoms with E-state index < -0.39 is 0 Å². The van der Waals surface area contributed by atoms with Crippen LogP contribution in [0.4, 0.5) is 0 Å². The molecule has 0 saturated carbocycles. The van der Waals surface area contributed by atoms with Gasteiger partial charge in [0.25, 0.3) is 0 Å². The van der Waals surface area contributed by atoms with E-state index in [1.165, 1.54) is 0 Å². The van der Waals surface area contributed by atoms with Gasteiger partial charge in [0.15, 0.2) is 11.6 Å². The number of rotatable bonds is 14. The van der Waals surface area contributed by atoms with Gasteiger partial charge in [-0.2, -0.15) is 0 Å². The Bertz CT molecular complexity index is 2680. The summed E-state index contributed by atoms with van der Waals surface area (Å²) >= 11 is 12.2. The highest BCUT2D eigenvalue weighted by molar-refractivity contribution is 6.36. The van der Waals surface area contributed by atoms with Crippen LogP contribution in [0.3, 0.4) is 0 Å². The van der Waals surface area contributed by atoms with Crippen LogP contribution in [0.5, 0.6) is 57.5 Å². The van der Waals surface area contributed by atoms with Crippen molar-refractivity contribution in [2.75, 3.05) is 0 Å². The zero-order valence-corrected chi connectivity index (χ0v) is 32.6. The van der Waals surface area contributed by atoms with Crippen molar-refractivity contribution in [3.8, 4) is 57.5 Å². The van der Waals surface area contributed by atoms with E-state index in [-0.39, 0.29) is 11.6 Å². The van der Waals surface area contributed by atoms with Gasteiger partial charge in [-0.05, 0) is 176 Å². The van der Waals surface area contributed by atoms with Crippen LogP contribution >= 0.6 is 23.2 Å². The molecule has 0 heterocycles. The molecule has 0 atom stereocenters. The number of carbonyl (C=O) groups is 2. The molecule has 288 valence electrons. The number of hydrogen-bond donors (Lipinski definition) is 0. The number of hydrogen-bond acceptors (Lipinski definition) is 7. The van der Waals surface area contributed by atoms with Gasteiger partial charge in [-0.3, -0.25) is 9.59 Å². The number of ether oxygens (including phenoxy) is 5. The van der Waals surface area contributed by atoms with Crippen molar-refractivity contribution in [1.82, 2.24) is 0 Å². The van der Waals surface area contributed by atoms with Crippen molar-refractivity contribution < 1.29 is 33.3 Å². The lowest BCUT2D eigenvalue weighted by Gasteiger charge is -2.10. The van der Waals surface area contributed by atoms with Crippen LogP contribution in [0.25, 0.3) is 0 Å². The minimum absolute atomic E-state index is 0.143. The van der Waals surface area contributed by atoms with Crippen LogP contribution < -0.4 is 23.7 Å². The molecule has 8 rings (SSSR count). The third-order valence-electron chi connectivity index (χ3n) is 8.92. The van der Waals surface area contributed by atoms with Crippen molar-refractivity contribution in [3.63, 3.8) is 0 Å². The zero-order chi connectivity index (χ0) is 40.6. The lowest BCUT2D eigenvalue weighted by Crippen LogP contribution is -2.02. The SMILES string of the molecule is O=C(c1ccc(Oc2ccc(Oc3ccc(Oc4ccc(Oc5ccccc5)cc4)cc3)cc2)cc1)c1ccc(Oc2ccc(C(=O)c3cc(Cl)ccc3Cl)cc2)cc1. The summed E-state index contributed by atoms with van der Waals surface area (Å²) in [6, 6.07) is 56.9. The third-order valence-corrected chi connectivity index (χ3v) is 9.48. The van der Waals surface area contributed by atoms with E-state index in [2.05, 4.69) is 0 Å². The highest BCUT2D eigenvalue weighted by atomic mass is 35.5. The van der Waals surface area contributed by atoms with Crippen molar-refractivity contribution in [2.45, 2.75) is 0 Å². The Morgan fingerprint density at radius 3 is 0.898 bits per heavy atom. The molecule has 59 heavy (non-hydrogen) atoms. The maximum atomic E-state index is 13.2. The molecule has 8 aromatic rings. The number of halogens is 2.